The largest absolute Gasteiger partial charge is 0.378 e. The number of nitrogens with zero attached hydrogens (tertiary/aromatic N) is 4. The lowest BCUT2D eigenvalue weighted by molar-refractivity contribution is -0.134. The summed E-state index contributed by atoms with van der Waals surface area (Å²) in [4.78, 5) is 33.6. The second kappa shape index (κ2) is 10.7. The van der Waals surface area contributed by atoms with E-state index >= 15 is 0 Å². The van der Waals surface area contributed by atoms with Gasteiger partial charge < -0.3 is 14.5 Å². The van der Waals surface area contributed by atoms with E-state index in [1.165, 1.54) is 17.0 Å². The van der Waals surface area contributed by atoms with Crippen LogP contribution in [0.4, 0.5) is 8.78 Å². The second-order valence-electron chi connectivity index (χ2n) is 9.49. The SMILES string of the molecule is CN(C)C(=O)c1cc(-c2cnc3n[nH]c(Cc4cc(F)cc(F)c4)c3c2)ccc1CC(=O)N1CCOCC1. The minimum atomic E-state index is -0.645. The van der Waals surface area contributed by atoms with Gasteiger partial charge >= 0.3 is 0 Å². The lowest BCUT2D eigenvalue weighted by Crippen LogP contribution is -2.41. The van der Waals surface area contributed by atoms with Gasteiger partial charge in [-0.15, -0.1) is 0 Å². The monoisotopic (exact) mass is 519 g/mol. The number of amides is 2. The Bertz CT molecular complexity index is 1490. The van der Waals surface area contributed by atoms with Crippen molar-refractivity contribution in [1.29, 1.82) is 0 Å². The first kappa shape index (κ1) is 25.5. The Morgan fingerprint density at radius 1 is 1.03 bits per heavy atom. The number of fused-ring (bicyclic) bond motifs is 1. The minimum Gasteiger partial charge on any atom is -0.378 e. The number of halogens is 2. The molecular formula is C28H27F2N5O3. The van der Waals surface area contributed by atoms with Gasteiger partial charge in [-0.3, -0.25) is 14.7 Å². The summed E-state index contributed by atoms with van der Waals surface area (Å²) < 4.78 is 32.7. The number of ether oxygens (including phenoxy) is 1. The van der Waals surface area contributed by atoms with E-state index in [9.17, 15) is 18.4 Å². The lowest BCUT2D eigenvalue weighted by Gasteiger charge is -2.27. The molecule has 1 aliphatic rings. The van der Waals surface area contributed by atoms with E-state index in [4.69, 9.17) is 4.74 Å². The highest BCUT2D eigenvalue weighted by Crippen LogP contribution is 2.28. The molecule has 196 valence electrons. The molecule has 10 heteroatoms. The van der Waals surface area contributed by atoms with Crippen molar-refractivity contribution in [1.82, 2.24) is 25.0 Å². The molecule has 4 aromatic rings. The lowest BCUT2D eigenvalue weighted by atomic mass is 9.96. The topological polar surface area (TPSA) is 91.4 Å². The number of hydrogen-bond donors (Lipinski definition) is 1. The van der Waals surface area contributed by atoms with Gasteiger partial charge in [-0.05, 0) is 41.0 Å². The van der Waals surface area contributed by atoms with E-state index in [0.29, 0.717) is 59.7 Å². The number of aromatic amines is 1. The van der Waals surface area contributed by atoms with Crippen molar-refractivity contribution in [2.24, 2.45) is 0 Å². The average Bonchev–Trinajstić information content (AvgIpc) is 3.30. The quantitative estimate of drug-likeness (QED) is 0.421. The van der Waals surface area contributed by atoms with Crippen LogP contribution in [-0.2, 0) is 22.4 Å². The van der Waals surface area contributed by atoms with Crippen LogP contribution < -0.4 is 0 Å². The van der Waals surface area contributed by atoms with Crippen molar-refractivity contribution < 1.29 is 23.1 Å². The maximum atomic E-state index is 13.7. The summed E-state index contributed by atoms with van der Waals surface area (Å²) in [5.74, 6) is -1.54. The Kier molecular flexibility index (Phi) is 7.15. The van der Waals surface area contributed by atoms with Crippen LogP contribution in [0.5, 0.6) is 0 Å². The van der Waals surface area contributed by atoms with Gasteiger partial charge in [0.05, 0.1) is 19.6 Å². The molecule has 5 rings (SSSR count). The van der Waals surface area contributed by atoms with Gasteiger partial charge in [0, 0.05) is 68.1 Å². The van der Waals surface area contributed by atoms with Crippen molar-refractivity contribution in [3.63, 3.8) is 0 Å². The van der Waals surface area contributed by atoms with Crippen LogP contribution in [-0.4, -0.2) is 77.2 Å². The number of hydrogen-bond acceptors (Lipinski definition) is 5. The van der Waals surface area contributed by atoms with Crippen LogP contribution in [0.25, 0.3) is 22.2 Å². The summed E-state index contributed by atoms with van der Waals surface area (Å²) in [7, 11) is 3.34. The Morgan fingerprint density at radius 2 is 1.76 bits per heavy atom. The van der Waals surface area contributed by atoms with E-state index in [-0.39, 0.29) is 24.7 Å². The van der Waals surface area contributed by atoms with Crippen molar-refractivity contribution >= 4 is 22.8 Å². The molecule has 8 nitrogen and oxygen atoms in total. The zero-order chi connectivity index (χ0) is 26.8. The van der Waals surface area contributed by atoms with E-state index < -0.39 is 11.6 Å². The van der Waals surface area contributed by atoms with Crippen molar-refractivity contribution in [2.45, 2.75) is 12.8 Å². The zero-order valence-electron chi connectivity index (χ0n) is 21.1. The van der Waals surface area contributed by atoms with Crippen LogP contribution >= 0.6 is 0 Å². The number of aromatic nitrogens is 3. The number of carbonyl (C=O) groups excluding carboxylic acids is 2. The van der Waals surface area contributed by atoms with Crippen LogP contribution in [0.3, 0.4) is 0 Å². The van der Waals surface area contributed by atoms with Gasteiger partial charge in [-0.1, -0.05) is 12.1 Å². The molecule has 0 spiro atoms. The molecule has 0 unspecified atom stereocenters. The molecule has 1 saturated heterocycles. The maximum Gasteiger partial charge on any atom is 0.253 e. The third-order valence-corrected chi connectivity index (χ3v) is 6.58. The number of benzene rings is 2. The summed E-state index contributed by atoms with van der Waals surface area (Å²) in [6.45, 7) is 2.09. The summed E-state index contributed by atoms with van der Waals surface area (Å²) in [5, 5.41) is 7.84. The standard InChI is InChI=1S/C28H27F2N5O3/c1-34(2)28(37)23-12-18(3-4-19(23)14-26(36)35-5-7-38-8-6-35)20-13-24-25(32-33-27(24)31-16-20)11-17-9-21(29)15-22(30)10-17/h3-4,9-10,12-13,15-16H,5-8,11,14H2,1-2H3,(H,31,32,33). The molecule has 0 atom stereocenters. The summed E-state index contributed by atoms with van der Waals surface area (Å²) in [6.07, 6.45) is 2.01. The molecular weight excluding hydrogens is 492 g/mol. The number of morpholine rings is 1. The van der Waals surface area contributed by atoms with Gasteiger partial charge in [-0.25, -0.2) is 13.8 Å². The summed E-state index contributed by atoms with van der Waals surface area (Å²) in [5.41, 5.74) is 4.17. The van der Waals surface area contributed by atoms with Gasteiger partial charge in [0.1, 0.15) is 11.6 Å². The van der Waals surface area contributed by atoms with E-state index in [1.807, 2.05) is 12.1 Å². The molecule has 0 saturated carbocycles. The highest BCUT2D eigenvalue weighted by Gasteiger charge is 2.22. The predicted molar refractivity (Wildman–Crippen MR) is 138 cm³/mol. The first-order chi connectivity index (χ1) is 18.3. The molecule has 1 aliphatic heterocycles. The zero-order valence-corrected chi connectivity index (χ0v) is 21.1. The van der Waals surface area contributed by atoms with Crippen LogP contribution in [0, 0.1) is 11.6 Å². The first-order valence-corrected chi connectivity index (χ1v) is 12.3. The summed E-state index contributed by atoms with van der Waals surface area (Å²) in [6, 6.07) is 10.7. The number of carbonyl (C=O) groups is 2. The average molecular weight is 520 g/mol. The highest BCUT2D eigenvalue weighted by molar-refractivity contribution is 5.98. The summed E-state index contributed by atoms with van der Waals surface area (Å²) >= 11 is 0. The van der Waals surface area contributed by atoms with E-state index in [0.717, 1.165) is 17.2 Å². The Hall–Kier alpha value is -4.18. The highest BCUT2D eigenvalue weighted by atomic mass is 19.1. The fourth-order valence-electron chi connectivity index (χ4n) is 4.60. The predicted octanol–water partition coefficient (Wildman–Crippen LogP) is 3.60. The van der Waals surface area contributed by atoms with Crippen molar-refractivity contribution in [2.75, 3.05) is 40.4 Å². The molecule has 1 fully saturated rings. The molecule has 2 aromatic heterocycles. The maximum absolute atomic E-state index is 13.7. The van der Waals surface area contributed by atoms with Gasteiger partial charge in [-0.2, -0.15) is 5.10 Å². The molecule has 0 bridgehead atoms. The normalized spacial score (nSPS) is 13.6. The first-order valence-electron chi connectivity index (χ1n) is 12.3. The van der Waals surface area contributed by atoms with E-state index in [1.54, 1.807) is 37.3 Å². The fraction of sp³-hybridized carbons (Fsp3) is 0.286. The number of rotatable bonds is 6. The molecule has 2 amide bonds. The molecule has 1 N–H and O–H groups in total. The Labute approximate surface area is 218 Å². The molecule has 0 aliphatic carbocycles. The molecule has 3 heterocycles. The third-order valence-electron chi connectivity index (χ3n) is 6.58. The molecule has 38 heavy (non-hydrogen) atoms. The van der Waals surface area contributed by atoms with Crippen molar-refractivity contribution in [3.05, 3.63) is 82.7 Å². The molecule has 2 aromatic carbocycles. The van der Waals surface area contributed by atoms with Gasteiger partial charge in [0.2, 0.25) is 5.91 Å². The van der Waals surface area contributed by atoms with Gasteiger partial charge in [0.25, 0.3) is 5.91 Å². The van der Waals surface area contributed by atoms with Crippen LogP contribution in [0.1, 0.15) is 27.2 Å². The Balaban J connectivity index is 1.48. The van der Waals surface area contributed by atoms with Crippen LogP contribution in [0.2, 0.25) is 0 Å². The number of H-pyrrole nitrogens is 1. The second-order valence-corrected chi connectivity index (χ2v) is 9.49. The Morgan fingerprint density at radius 3 is 2.47 bits per heavy atom. The molecule has 0 radical (unpaired) electrons. The number of nitrogens with one attached hydrogen (secondary N) is 1. The number of pyridine rings is 1. The third kappa shape index (κ3) is 5.40. The van der Waals surface area contributed by atoms with Crippen LogP contribution in [0.15, 0.2) is 48.7 Å². The fourth-order valence-corrected chi connectivity index (χ4v) is 4.60. The smallest absolute Gasteiger partial charge is 0.253 e. The van der Waals surface area contributed by atoms with E-state index in [2.05, 4.69) is 15.2 Å². The minimum absolute atomic E-state index is 0.0474. The van der Waals surface area contributed by atoms with Gasteiger partial charge in [0.15, 0.2) is 5.65 Å². The van der Waals surface area contributed by atoms with Crippen molar-refractivity contribution in [3.8, 4) is 11.1 Å².